The van der Waals surface area contributed by atoms with E-state index < -0.39 is 0 Å². The largest absolute Gasteiger partial charge is 0.497 e. The van der Waals surface area contributed by atoms with Gasteiger partial charge in [-0.15, -0.1) is 0 Å². The molecule has 0 amide bonds. The fraction of sp³-hybridized carbons (Fsp3) is 0.0714. The molecule has 0 bridgehead atoms. The summed E-state index contributed by atoms with van der Waals surface area (Å²) in [6.45, 7) is 0. The number of ether oxygens (including phenoxy) is 2. The summed E-state index contributed by atoms with van der Waals surface area (Å²) in [6, 6.07) is 14.8. The summed E-state index contributed by atoms with van der Waals surface area (Å²) in [6.07, 6.45) is 0. The Labute approximate surface area is 120 Å². The first kappa shape index (κ1) is 12.9. The average Bonchev–Trinajstić information content (AvgIpc) is 2.98. The van der Waals surface area contributed by atoms with Crippen molar-refractivity contribution in [3.8, 4) is 23.2 Å². The van der Waals surface area contributed by atoms with Crippen LogP contribution in [0, 0.1) is 0 Å². The number of nitrogens with zero attached hydrogens (tertiary/aromatic N) is 4. The van der Waals surface area contributed by atoms with Gasteiger partial charge in [0.15, 0.2) is 5.75 Å². The van der Waals surface area contributed by atoms with Crippen LogP contribution >= 0.6 is 0 Å². The maximum absolute atomic E-state index is 5.89. The molecule has 1 heterocycles. The smallest absolute Gasteiger partial charge is 0.345 e. The highest BCUT2D eigenvalue weighted by molar-refractivity contribution is 5.56. The van der Waals surface area contributed by atoms with Crippen LogP contribution in [0.15, 0.2) is 48.5 Å². The number of para-hydroxylation sites is 1. The molecule has 0 aliphatic rings. The van der Waals surface area contributed by atoms with Gasteiger partial charge < -0.3 is 15.2 Å². The summed E-state index contributed by atoms with van der Waals surface area (Å²) >= 11 is 0. The lowest BCUT2D eigenvalue weighted by molar-refractivity contribution is 0.401. The van der Waals surface area contributed by atoms with Gasteiger partial charge in [-0.25, -0.2) is 0 Å². The van der Waals surface area contributed by atoms with Crippen molar-refractivity contribution in [2.24, 2.45) is 0 Å². The number of tetrazole rings is 1. The molecule has 7 heteroatoms. The van der Waals surface area contributed by atoms with Crippen molar-refractivity contribution in [3.05, 3.63) is 48.5 Å². The second kappa shape index (κ2) is 5.49. The molecular weight excluding hydrogens is 270 g/mol. The number of hydrogen-bond donors (Lipinski definition) is 1. The quantitative estimate of drug-likeness (QED) is 0.737. The SMILES string of the molecule is COc1ccc(N)c(Oc2nnnn2-c2ccccc2)c1. The highest BCUT2D eigenvalue weighted by atomic mass is 16.5. The number of methoxy groups -OCH3 is 1. The third kappa shape index (κ3) is 2.62. The highest BCUT2D eigenvalue weighted by Gasteiger charge is 2.12. The van der Waals surface area contributed by atoms with Crippen molar-refractivity contribution >= 4 is 5.69 Å². The molecule has 0 spiro atoms. The topological polar surface area (TPSA) is 88.1 Å². The minimum absolute atomic E-state index is 0.223. The lowest BCUT2D eigenvalue weighted by Crippen LogP contribution is -2.01. The normalized spacial score (nSPS) is 10.3. The van der Waals surface area contributed by atoms with Gasteiger partial charge in [-0.05, 0) is 34.7 Å². The minimum atomic E-state index is 0.223. The van der Waals surface area contributed by atoms with E-state index in [0.29, 0.717) is 17.2 Å². The van der Waals surface area contributed by atoms with Crippen LogP contribution in [0.1, 0.15) is 0 Å². The van der Waals surface area contributed by atoms with Crippen molar-refractivity contribution in [2.75, 3.05) is 12.8 Å². The molecular formula is C14H13N5O2. The van der Waals surface area contributed by atoms with Gasteiger partial charge >= 0.3 is 6.01 Å². The zero-order valence-electron chi connectivity index (χ0n) is 11.3. The van der Waals surface area contributed by atoms with Crippen molar-refractivity contribution in [2.45, 2.75) is 0 Å². The monoisotopic (exact) mass is 283 g/mol. The molecule has 3 rings (SSSR count). The Morgan fingerprint density at radius 2 is 1.90 bits per heavy atom. The Hall–Kier alpha value is -3.09. The number of hydrogen-bond acceptors (Lipinski definition) is 6. The predicted molar refractivity (Wildman–Crippen MR) is 76.6 cm³/mol. The summed E-state index contributed by atoms with van der Waals surface area (Å²) in [5, 5.41) is 11.4. The maximum atomic E-state index is 5.89. The molecule has 106 valence electrons. The average molecular weight is 283 g/mol. The molecule has 0 atom stereocenters. The van der Waals surface area contributed by atoms with Crippen LogP contribution in [-0.4, -0.2) is 27.3 Å². The molecule has 21 heavy (non-hydrogen) atoms. The van der Waals surface area contributed by atoms with E-state index in [0.717, 1.165) is 5.69 Å². The van der Waals surface area contributed by atoms with E-state index in [9.17, 15) is 0 Å². The van der Waals surface area contributed by atoms with Gasteiger partial charge in [-0.3, -0.25) is 0 Å². The molecule has 0 fully saturated rings. The Morgan fingerprint density at radius 1 is 1.10 bits per heavy atom. The molecule has 7 nitrogen and oxygen atoms in total. The van der Waals surface area contributed by atoms with E-state index in [1.165, 1.54) is 4.68 Å². The number of nitrogens with two attached hydrogens (primary N) is 1. The predicted octanol–water partition coefficient (Wildman–Crippen LogP) is 2.05. The Balaban J connectivity index is 1.95. The van der Waals surface area contributed by atoms with Gasteiger partial charge in [0.05, 0.1) is 18.5 Å². The van der Waals surface area contributed by atoms with Gasteiger partial charge in [-0.2, -0.15) is 4.68 Å². The first-order valence-corrected chi connectivity index (χ1v) is 6.23. The fourth-order valence-electron chi connectivity index (χ4n) is 1.80. The molecule has 0 aliphatic carbocycles. The molecule has 0 unspecified atom stereocenters. The second-order valence-corrected chi connectivity index (χ2v) is 4.21. The zero-order chi connectivity index (χ0) is 14.7. The summed E-state index contributed by atoms with van der Waals surface area (Å²) in [5.41, 5.74) is 7.15. The standard InChI is InChI=1S/C14H13N5O2/c1-20-11-7-8-12(15)13(9-11)21-14-16-17-18-19(14)10-5-3-2-4-6-10/h2-9H,15H2,1H3. The van der Waals surface area contributed by atoms with Crippen molar-refractivity contribution < 1.29 is 9.47 Å². The lowest BCUT2D eigenvalue weighted by Gasteiger charge is -2.09. The Morgan fingerprint density at radius 3 is 2.67 bits per heavy atom. The zero-order valence-corrected chi connectivity index (χ0v) is 11.3. The third-order valence-corrected chi connectivity index (χ3v) is 2.86. The fourth-order valence-corrected chi connectivity index (χ4v) is 1.80. The number of nitrogen functional groups attached to an aromatic ring is 1. The van der Waals surface area contributed by atoms with Gasteiger partial charge in [0, 0.05) is 6.07 Å². The number of aromatic nitrogens is 4. The number of benzene rings is 2. The number of anilines is 1. The van der Waals surface area contributed by atoms with Gasteiger partial charge in [0.2, 0.25) is 0 Å². The summed E-state index contributed by atoms with van der Waals surface area (Å²) in [5.74, 6) is 1.07. The molecule has 3 aromatic rings. The van der Waals surface area contributed by atoms with Crippen LogP contribution in [0.25, 0.3) is 5.69 Å². The highest BCUT2D eigenvalue weighted by Crippen LogP contribution is 2.30. The van der Waals surface area contributed by atoms with Gasteiger partial charge in [0.1, 0.15) is 5.75 Å². The number of rotatable bonds is 4. The van der Waals surface area contributed by atoms with E-state index in [2.05, 4.69) is 15.5 Å². The van der Waals surface area contributed by atoms with Crippen molar-refractivity contribution in [1.82, 2.24) is 20.2 Å². The second-order valence-electron chi connectivity index (χ2n) is 4.21. The summed E-state index contributed by atoms with van der Waals surface area (Å²) in [4.78, 5) is 0. The first-order valence-electron chi connectivity index (χ1n) is 6.23. The van der Waals surface area contributed by atoms with E-state index in [-0.39, 0.29) is 6.01 Å². The van der Waals surface area contributed by atoms with Crippen LogP contribution in [0.2, 0.25) is 0 Å². The maximum Gasteiger partial charge on any atom is 0.345 e. The van der Waals surface area contributed by atoms with Crippen molar-refractivity contribution in [1.29, 1.82) is 0 Å². The molecule has 0 saturated heterocycles. The van der Waals surface area contributed by atoms with Gasteiger partial charge in [0.25, 0.3) is 0 Å². The Bertz CT molecular complexity index is 742. The van der Waals surface area contributed by atoms with E-state index in [1.807, 2.05) is 30.3 Å². The summed E-state index contributed by atoms with van der Waals surface area (Å²) < 4.78 is 12.3. The molecule has 2 N–H and O–H groups in total. The van der Waals surface area contributed by atoms with Crippen LogP contribution in [0.3, 0.4) is 0 Å². The summed E-state index contributed by atoms with van der Waals surface area (Å²) in [7, 11) is 1.57. The van der Waals surface area contributed by atoms with Crippen LogP contribution in [0.4, 0.5) is 5.69 Å². The molecule has 0 saturated carbocycles. The molecule has 0 aliphatic heterocycles. The van der Waals surface area contributed by atoms with Gasteiger partial charge in [-0.1, -0.05) is 23.3 Å². The van der Waals surface area contributed by atoms with Crippen LogP contribution < -0.4 is 15.2 Å². The molecule has 0 radical (unpaired) electrons. The Kier molecular flexibility index (Phi) is 3.38. The van der Waals surface area contributed by atoms with E-state index in [1.54, 1.807) is 25.3 Å². The van der Waals surface area contributed by atoms with Crippen molar-refractivity contribution in [3.63, 3.8) is 0 Å². The van der Waals surface area contributed by atoms with Crippen LogP contribution in [-0.2, 0) is 0 Å². The van der Waals surface area contributed by atoms with Crippen LogP contribution in [0.5, 0.6) is 17.5 Å². The lowest BCUT2D eigenvalue weighted by atomic mass is 10.3. The first-order chi connectivity index (χ1) is 10.3. The third-order valence-electron chi connectivity index (χ3n) is 2.86. The van der Waals surface area contributed by atoms with E-state index >= 15 is 0 Å². The minimum Gasteiger partial charge on any atom is -0.497 e. The van der Waals surface area contributed by atoms with E-state index in [4.69, 9.17) is 15.2 Å². The molecule has 2 aromatic carbocycles. The molecule has 1 aromatic heterocycles.